The van der Waals surface area contributed by atoms with Crippen LogP contribution in [0.15, 0.2) is 52.6 Å². The number of aliphatic hydroxyl groups excluding tert-OH is 1. The molecule has 2 heterocycles. The highest BCUT2D eigenvalue weighted by Crippen LogP contribution is 2.18. The van der Waals surface area contributed by atoms with Crippen molar-refractivity contribution in [1.29, 1.82) is 5.26 Å². The summed E-state index contributed by atoms with van der Waals surface area (Å²) in [6, 6.07) is 13.3. The predicted octanol–water partition coefficient (Wildman–Crippen LogP) is 2.57. The van der Waals surface area contributed by atoms with Crippen LogP contribution in [0, 0.1) is 11.3 Å². The standard InChI is InChI=1S/C25H29N3O6/c26-16-20(25(30)27-8-7-19-17-28-24-4-2-1-3-23(19)24)15-21-5-6-22(34-21)18-33-14-13-32-12-11-31-10-9-29/h1-6,15,17,28-29H,7-14,18H2,(H,27,30). The van der Waals surface area contributed by atoms with Gasteiger partial charge in [-0.15, -0.1) is 0 Å². The Morgan fingerprint density at radius 2 is 1.85 bits per heavy atom. The molecule has 0 bridgehead atoms. The normalized spacial score (nSPS) is 11.6. The maximum Gasteiger partial charge on any atom is 0.262 e. The van der Waals surface area contributed by atoms with Crippen LogP contribution < -0.4 is 5.32 Å². The van der Waals surface area contributed by atoms with E-state index in [0.717, 1.165) is 16.5 Å². The number of hydrogen-bond donors (Lipinski definition) is 3. The molecule has 3 rings (SSSR count). The van der Waals surface area contributed by atoms with Gasteiger partial charge in [0.1, 0.15) is 29.8 Å². The second-order valence-electron chi connectivity index (χ2n) is 7.34. The number of benzene rings is 1. The molecule has 0 unspecified atom stereocenters. The van der Waals surface area contributed by atoms with Gasteiger partial charge in [0.15, 0.2) is 0 Å². The number of nitriles is 1. The van der Waals surface area contributed by atoms with Crippen LogP contribution in [-0.4, -0.2) is 62.2 Å². The number of nitrogens with one attached hydrogen (secondary N) is 2. The SMILES string of the molecule is N#CC(=Cc1ccc(COCCOCCOCCO)o1)C(=O)NCCc1c[nH]c2ccccc12. The smallest absolute Gasteiger partial charge is 0.262 e. The van der Waals surface area contributed by atoms with E-state index in [0.29, 0.717) is 57.5 Å². The summed E-state index contributed by atoms with van der Waals surface area (Å²) in [5.74, 6) is 0.533. The van der Waals surface area contributed by atoms with Crippen molar-refractivity contribution < 1.29 is 28.5 Å². The molecule has 0 aliphatic heterocycles. The molecule has 0 saturated carbocycles. The number of furan rings is 1. The maximum absolute atomic E-state index is 12.4. The molecule has 0 radical (unpaired) electrons. The lowest BCUT2D eigenvalue weighted by Gasteiger charge is -2.05. The molecule has 34 heavy (non-hydrogen) atoms. The monoisotopic (exact) mass is 467 g/mol. The van der Waals surface area contributed by atoms with E-state index in [1.807, 2.05) is 36.5 Å². The second-order valence-corrected chi connectivity index (χ2v) is 7.34. The average molecular weight is 468 g/mol. The molecule has 1 amide bonds. The average Bonchev–Trinajstić information content (AvgIpc) is 3.48. The molecule has 9 nitrogen and oxygen atoms in total. The number of aromatic nitrogens is 1. The fraction of sp³-hybridized carbons (Fsp3) is 0.360. The summed E-state index contributed by atoms with van der Waals surface area (Å²) in [5.41, 5.74) is 2.13. The number of hydrogen-bond acceptors (Lipinski definition) is 7. The van der Waals surface area contributed by atoms with Crippen molar-refractivity contribution in [2.75, 3.05) is 46.2 Å². The zero-order valence-corrected chi connectivity index (χ0v) is 18.9. The molecule has 1 aromatic carbocycles. The summed E-state index contributed by atoms with van der Waals surface area (Å²) >= 11 is 0. The van der Waals surface area contributed by atoms with Gasteiger partial charge in [0, 0.05) is 29.7 Å². The number of nitrogens with zero attached hydrogens (tertiary/aromatic N) is 1. The van der Waals surface area contributed by atoms with Crippen molar-refractivity contribution in [2.45, 2.75) is 13.0 Å². The molecule has 180 valence electrons. The third-order valence-electron chi connectivity index (χ3n) is 4.91. The first-order valence-electron chi connectivity index (χ1n) is 11.1. The van der Waals surface area contributed by atoms with E-state index in [4.69, 9.17) is 23.7 Å². The molecule has 0 saturated heterocycles. The lowest BCUT2D eigenvalue weighted by Crippen LogP contribution is -2.26. The molecule has 9 heteroatoms. The molecular formula is C25H29N3O6. The highest BCUT2D eigenvalue weighted by Gasteiger charge is 2.11. The van der Waals surface area contributed by atoms with Crippen LogP contribution in [0.25, 0.3) is 17.0 Å². The Morgan fingerprint density at radius 3 is 2.65 bits per heavy atom. The number of ether oxygens (including phenoxy) is 3. The second kappa shape index (κ2) is 14.0. The zero-order chi connectivity index (χ0) is 24.0. The summed E-state index contributed by atoms with van der Waals surface area (Å²) in [6.07, 6.45) is 4.00. The van der Waals surface area contributed by atoms with Gasteiger partial charge >= 0.3 is 0 Å². The number of carbonyl (C=O) groups is 1. The molecule has 3 N–H and O–H groups in total. The fourth-order valence-electron chi connectivity index (χ4n) is 3.26. The van der Waals surface area contributed by atoms with Gasteiger partial charge in [-0.2, -0.15) is 5.26 Å². The number of fused-ring (bicyclic) bond motifs is 1. The minimum absolute atomic E-state index is 0.00419. The van der Waals surface area contributed by atoms with Crippen molar-refractivity contribution in [2.24, 2.45) is 0 Å². The Morgan fingerprint density at radius 1 is 1.09 bits per heavy atom. The Kier molecular flexibility index (Phi) is 10.4. The number of carbonyl (C=O) groups excluding carboxylic acids is 1. The first-order chi connectivity index (χ1) is 16.7. The van der Waals surface area contributed by atoms with E-state index in [1.165, 1.54) is 6.08 Å². The number of amides is 1. The van der Waals surface area contributed by atoms with Crippen molar-refractivity contribution in [1.82, 2.24) is 10.3 Å². The number of rotatable bonds is 15. The van der Waals surface area contributed by atoms with Crippen LogP contribution in [0.4, 0.5) is 0 Å². The lowest BCUT2D eigenvalue weighted by molar-refractivity contribution is -0.117. The van der Waals surface area contributed by atoms with Crippen molar-refractivity contribution in [3.05, 3.63) is 65.3 Å². The molecule has 3 aromatic rings. The van der Waals surface area contributed by atoms with Crippen LogP contribution in [0.2, 0.25) is 0 Å². The minimum atomic E-state index is -0.448. The molecule has 0 fully saturated rings. The van der Waals surface area contributed by atoms with E-state index >= 15 is 0 Å². The topological polar surface area (TPSA) is 130 Å². The predicted molar refractivity (Wildman–Crippen MR) is 126 cm³/mol. The fourth-order valence-corrected chi connectivity index (χ4v) is 3.26. The third kappa shape index (κ3) is 7.86. The van der Waals surface area contributed by atoms with Gasteiger partial charge in [0.2, 0.25) is 0 Å². The van der Waals surface area contributed by atoms with Gasteiger partial charge in [-0.25, -0.2) is 0 Å². The number of H-pyrrole nitrogens is 1. The molecular weight excluding hydrogens is 438 g/mol. The van der Waals surface area contributed by atoms with Crippen LogP contribution in [-0.2, 0) is 32.0 Å². The molecule has 0 aliphatic rings. The van der Waals surface area contributed by atoms with Gasteiger partial charge in [-0.05, 0) is 30.2 Å². The Bertz CT molecular complexity index is 1110. The summed E-state index contributed by atoms with van der Waals surface area (Å²) in [4.78, 5) is 15.6. The number of aromatic amines is 1. The van der Waals surface area contributed by atoms with E-state index in [1.54, 1.807) is 12.1 Å². The van der Waals surface area contributed by atoms with Crippen LogP contribution in [0.5, 0.6) is 0 Å². The van der Waals surface area contributed by atoms with Gasteiger partial charge < -0.3 is 34.0 Å². The van der Waals surface area contributed by atoms with Crippen molar-refractivity contribution >= 4 is 22.9 Å². The molecule has 2 aromatic heterocycles. The quantitative estimate of drug-likeness (QED) is 0.178. The highest BCUT2D eigenvalue weighted by atomic mass is 16.5. The number of aliphatic hydroxyl groups is 1. The van der Waals surface area contributed by atoms with E-state index in [9.17, 15) is 10.1 Å². The molecule has 0 atom stereocenters. The largest absolute Gasteiger partial charge is 0.459 e. The van der Waals surface area contributed by atoms with Crippen molar-refractivity contribution in [3.8, 4) is 6.07 Å². The maximum atomic E-state index is 12.4. The zero-order valence-electron chi connectivity index (χ0n) is 18.9. The first-order valence-corrected chi connectivity index (χ1v) is 11.1. The minimum Gasteiger partial charge on any atom is -0.459 e. The van der Waals surface area contributed by atoms with Gasteiger partial charge in [0.25, 0.3) is 5.91 Å². The van der Waals surface area contributed by atoms with Crippen LogP contribution >= 0.6 is 0 Å². The van der Waals surface area contributed by atoms with Crippen LogP contribution in [0.1, 0.15) is 17.1 Å². The van der Waals surface area contributed by atoms with E-state index in [2.05, 4.69) is 10.3 Å². The third-order valence-corrected chi connectivity index (χ3v) is 4.91. The summed E-state index contributed by atoms with van der Waals surface area (Å²) < 4.78 is 21.5. The summed E-state index contributed by atoms with van der Waals surface area (Å²) in [5, 5.41) is 21.9. The van der Waals surface area contributed by atoms with Gasteiger partial charge in [-0.3, -0.25) is 4.79 Å². The van der Waals surface area contributed by atoms with E-state index < -0.39 is 5.91 Å². The summed E-state index contributed by atoms with van der Waals surface area (Å²) in [6.45, 7) is 2.60. The van der Waals surface area contributed by atoms with Crippen molar-refractivity contribution in [3.63, 3.8) is 0 Å². The number of para-hydroxylation sites is 1. The highest BCUT2D eigenvalue weighted by molar-refractivity contribution is 6.01. The Hall–Kier alpha value is -3.42. The van der Waals surface area contributed by atoms with Gasteiger partial charge in [0.05, 0.1) is 39.6 Å². The van der Waals surface area contributed by atoms with Crippen LogP contribution in [0.3, 0.4) is 0 Å². The Balaban J connectivity index is 1.39. The molecule has 0 spiro atoms. The first kappa shape index (κ1) is 25.2. The lowest BCUT2D eigenvalue weighted by atomic mass is 10.1. The summed E-state index contributed by atoms with van der Waals surface area (Å²) in [7, 11) is 0. The van der Waals surface area contributed by atoms with E-state index in [-0.39, 0.29) is 18.8 Å². The Labute approximate surface area is 197 Å². The van der Waals surface area contributed by atoms with Gasteiger partial charge in [-0.1, -0.05) is 18.2 Å². The molecule has 0 aliphatic carbocycles.